The molecule has 0 saturated carbocycles. The number of carbonyl (C=O) groups is 1. The van der Waals surface area contributed by atoms with Crippen LogP contribution >= 0.6 is 0 Å². The number of rotatable bonds is 5. The molecule has 2 nitrogen and oxygen atoms in total. The van der Waals surface area contributed by atoms with Crippen molar-refractivity contribution in [3.63, 3.8) is 0 Å². The van der Waals surface area contributed by atoms with Crippen molar-refractivity contribution in [2.75, 3.05) is 0 Å². The number of hydrogen-bond acceptors (Lipinski definition) is 2. The van der Waals surface area contributed by atoms with E-state index in [1.165, 1.54) is 0 Å². The van der Waals surface area contributed by atoms with Crippen LogP contribution in [-0.2, 0) is 21.9 Å². The number of unbranched alkanes of at least 4 members (excludes halogenated alkanes) is 1. The monoisotopic (exact) mass is 206 g/mol. The Kier molecular flexibility index (Phi) is 9.98. The largest absolute Gasteiger partial charge is 1.00 e. The molecule has 0 radical (unpaired) electrons. The summed E-state index contributed by atoms with van der Waals surface area (Å²) in [6.45, 7) is 4.28. The van der Waals surface area contributed by atoms with Crippen molar-refractivity contribution in [1.29, 1.82) is 0 Å². The fourth-order valence-electron chi connectivity index (χ4n) is 0.822. The van der Waals surface area contributed by atoms with Crippen molar-refractivity contribution in [3.8, 4) is 0 Å². The van der Waals surface area contributed by atoms with Crippen LogP contribution in [0.25, 0.3) is 0 Å². The topological polar surface area (TPSA) is 40.1 Å². The Morgan fingerprint density at radius 3 is 2.27 bits per heavy atom. The van der Waals surface area contributed by atoms with Crippen LogP contribution in [0.1, 0.15) is 39.5 Å². The third-order valence-corrected chi connectivity index (χ3v) is 1.41. The van der Waals surface area contributed by atoms with Crippen LogP contribution in [0.5, 0.6) is 0 Å². The van der Waals surface area contributed by atoms with Gasteiger partial charge in [-0.15, -0.1) is 0 Å². The quantitative estimate of drug-likeness (QED) is 0.497. The minimum absolute atomic E-state index is 0. The summed E-state index contributed by atoms with van der Waals surface area (Å²) in [5.74, 6) is -0.245. The molecule has 0 rings (SSSR count). The molecule has 3 heteroatoms. The number of carboxylic acids is 1. The molecule has 0 fully saturated rings. The second-order valence-electron chi connectivity index (χ2n) is 3.01. The third-order valence-electron chi connectivity index (χ3n) is 1.41. The number of hydrogen-bond donors (Lipinski definition) is 0. The van der Waals surface area contributed by atoms with E-state index >= 15 is 0 Å². The van der Waals surface area contributed by atoms with Gasteiger partial charge >= 0.3 is 17.1 Å². The molecular weight excluding hydrogens is 192 g/mol. The van der Waals surface area contributed by atoms with Crippen molar-refractivity contribution in [2.45, 2.75) is 39.5 Å². The number of carbonyl (C=O) groups excluding carboxylic acids is 1. The van der Waals surface area contributed by atoms with Gasteiger partial charge in [-0.05, 0) is 18.8 Å². The van der Waals surface area contributed by atoms with Crippen molar-refractivity contribution in [2.24, 2.45) is 5.92 Å². The molecule has 0 bridgehead atoms. The molecule has 0 aromatic carbocycles. The van der Waals surface area contributed by atoms with Crippen LogP contribution in [0.4, 0.5) is 0 Å². The third kappa shape index (κ3) is 13.1. The molecule has 0 aliphatic carbocycles. The average Bonchev–Trinajstić information content (AvgIpc) is 1.79. The summed E-state index contributed by atoms with van der Waals surface area (Å²) in [7, 11) is 0. The van der Waals surface area contributed by atoms with E-state index in [0.29, 0.717) is 5.92 Å². The van der Waals surface area contributed by atoms with E-state index in [9.17, 15) is 9.90 Å². The molecule has 0 spiro atoms. The standard InChI is InChI=1S/C8H16O2.Cu/c1-7(2)5-3-4-6-8(9)10;/h7H,3-6H2,1-2H3,(H,9,10);/q;+1/p-1. The summed E-state index contributed by atoms with van der Waals surface area (Å²) < 4.78 is 0. The fourth-order valence-corrected chi connectivity index (χ4v) is 0.822. The zero-order valence-electron chi connectivity index (χ0n) is 7.02. The Bertz CT molecular complexity index is 102. The van der Waals surface area contributed by atoms with Gasteiger partial charge in [0.25, 0.3) is 0 Å². The van der Waals surface area contributed by atoms with Gasteiger partial charge in [0.2, 0.25) is 0 Å². The van der Waals surface area contributed by atoms with Gasteiger partial charge in [-0.25, -0.2) is 0 Å². The van der Waals surface area contributed by atoms with Crippen LogP contribution in [0.15, 0.2) is 0 Å². The second-order valence-corrected chi connectivity index (χ2v) is 3.01. The van der Waals surface area contributed by atoms with Gasteiger partial charge in [-0.3, -0.25) is 0 Å². The molecule has 0 heterocycles. The first-order valence-electron chi connectivity index (χ1n) is 3.82. The maximum Gasteiger partial charge on any atom is 1.00 e. The van der Waals surface area contributed by atoms with E-state index in [1.54, 1.807) is 0 Å². The Labute approximate surface area is 78.8 Å². The van der Waals surface area contributed by atoms with E-state index in [2.05, 4.69) is 13.8 Å². The Morgan fingerprint density at radius 1 is 1.36 bits per heavy atom. The van der Waals surface area contributed by atoms with Crippen LogP contribution in [-0.4, -0.2) is 5.97 Å². The van der Waals surface area contributed by atoms with Gasteiger partial charge < -0.3 is 9.90 Å². The molecule has 11 heavy (non-hydrogen) atoms. The molecule has 0 aliphatic rings. The minimum atomic E-state index is -0.927. The van der Waals surface area contributed by atoms with Gasteiger partial charge in [0, 0.05) is 5.97 Å². The van der Waals surface area contributed by atoms with E-state index < -0.39 is 5.97 Å². The Hall–Kier alpha value is -0.0105. The summed E-state index contributed by atoms with van der Waals surface area (Å²) in [6.07, 6.45) is 3.10. The smallest absolute Gasteiger partial charge is 0.550 e. The fraction of sp³-hybridized carbons (Fsp3) is 0.875. The number of carboxylic acid groups (broad SMARTS) is 1. The van der Waals surface area contributed by atoms with Crippen molar-refractivity contribution in [3.05, 3.63) is 0 Å². The molecule has 0 aromatic rings. The van der Waals surface area contributed by atoms with E-state index in [0.717, 1.165) is 19.3 Å². The molecule has 70 valence electrons. The van der Waals surface area contributed by atoms with Gasteiger partial charge in [0.1, 0.15) is 0 Å². The maximum atomic E-state index is 9.93. The van der Waals surface area contributed by atoms with Crippen LogP contribution in [0.3, 0.4) is 0 Å². The SMILES string of the molecule is CC(C)CCCCC(=O)[O-].[Cu+]. The average molecular weight is 207 g/mol. The molecule has 0 amide bonds. The van der Waals surface area contributed by atoms with Crippen molar-refractivity contribution >= 4 is 5.97 Å². The molecule has 0 unspecified atom stereocenters. The van der Waals surface area contributed by atoms with Gasteiger partial charge in [0.05, 0.1) is 0 Å². The maximum absolute atomic E-state index is 9.93. The predicted molar refractivity (Wildman–Crippen MR) is 38.3 cm³/mol. The van der Waals surface area contributed by atoms with Crippen LogP contribution in [0, 0.1) is 5.92 Å². The van der Waals surface area contributed by atoms with E-state index in [1.807, 2.05) is 0 Å². The van der Waals surface area contributed by atoms with Crippen LogP contribution < -0.4 is 5.11 Å². The second kappa shape index (κ2) is 8.09. The summed E-state index contributed by atoms with van der Waals surface area (Å²) in [5, 5.41) is 9.93. The first-order valence-corrected chi connectivity index (χ1v) is 3.82. The predicted octanol–water partition coefficient (Wildman–Crippen LogP) is 0.950. The van der Waals surface area contributed by atoms with E-state index in [-0.39, 0.29) is 23.5 Å². The Balaban J connectivity index is 0. The minimum Gasteiger partial charge on any atom is -0.550 e. The Morgan fingerprint density at radius 2 is 1.91 bits per heavy atom. The van der Waals surface area contributed by atoms with Crippen molar-refractivity contribution < 1.29 is 27.0 Å². The van der Waals surface area contributed by atoms with Crippen LogP contribution in [0.2, 0.25) is 0 Å². The molecule has 0 aromatic heterocycles. The molecular formula is C8H15CuO2. The van der Waals surface area contributed by atoms with Gasteiger partial charge in [0.15, 0.2) is 0 Å². The summed E-state index contributed by atoms with van der Waals surface area (Å²) in [4.78, 5) is 9.93. The molecule has 0 atom stereocenters. The first kappa shape index (κ1) is 13.6. The number of aliphatic carboxylic acids is 1. The zero-order chi connectivity index (χ0) is 7.98. The summed E-state index contributed by atoms with van der Waals surface area (Å²) in [5.41, 5.74) is 0. The zero-order valence-corrected chi connectivity index (χ0v) is 7.97. The van der Waals surface area contributed by atoms with Gasteiger partial charge in [-0.2, -0.15) is 0 Å². The van der Waals surface area contributed by atoms with E-state index in [4.69, 9.17) is 0 Å². The van der Waals surface area contributed by atoms with Crippen molar-refractivity contribution in [1.82, 2.24) is 0 Å². The molecule has 0 saturated heterocycles. The summed E-state index contributed by atoms with van der Waals surface area (Å²) >= 11 is 0. The molecule has 0 N–H and O–H groups in total. The normalized spacial score (nSPS) is 9.36. The van der Waals surface area contributed by atoms with Gasteiger partial charge in [-0.1, -0.05) is 26.7 Å². The first-order chi connectivity index (χ1) is 4.63. The molecule has 0 aliphatic heterocycles. The summed E-state index contributed by atoms with van der Waals surface area (Å²) in [6, 6.07) is 0.